The molecule has 1 unspecified atom stereocenters. The van der Waals surface area contributed by atoms with Gasteiger partial charge in [0.1, 0.15) is 0 Å². The van der Waals surface area contributed by atoms with Crippen LogP contribution in [-0.4, -0.2) is 16.8 Å². The van der Waals surface area contributed by atoms with Crippen LogP contribution in [0.4, 0.5) is 0 Å². The van der Waals surface area contributed by atoms with E-state index in [0.717, 1.165) is 5.57 Å². The molecule has 1 aliphatic carbocycles. The van der Waals surface area contributed by atoms with E-state index in [9.17, 15) is 0 Å². The van der Waals surface area contributed by atoms with Crippen molar-refractivity contribution in [1.82, 2.24) is 0 Å². The standard InChI is InChI=1S/C8H12O2/c1-6-4-8(10)3-2-7(6)5-9/h2-3,6,9-10H,4-5H2,1H3. The lowest BCUT2D eigenvalue weighted by Gasteiger charge is -2.16. The minimum Gasteiger partial charge on any atom is -0.512 e. The van der Waals surface area contributed by atoms with Crippen LogP contribution in [0.25, 0.3) is 0 Å². The van der Waals surface area contributed by atoms with E-state index >= 15 is 0 Å². The highest BCUT2D eigenvalue weighted by Gasteiger charge is 2.12. The molecule has 1 aliphatic rings. The molecule has 0 amide bonds. The molecule has 0 saturated carbocycles. The van der Waals surface area contributed by atoms with E-state index in [1.54, 1.807) is 12.2 Å². The summed E-state index contributed by atoms with van der Waals surface area (Å²) in [5.74, 6) is 0.694. The Bertz CT molecular complexity index is 180. The lowest BCUT2D eigenvalue weighted by molar-refractivity contribution is 0.302. The molecule has 10 heavy (non-hydrogen) atoms. The number of hydrogen-bond acceptors (Lipinski definition) is 2. The van der Waals surface area contributed by atoms with Gasteiger partial charge in [-0.1, -0.05) is 13.0 Å². The predicted molar refractivity (Wildman–Crippen MR) is 39.7 cm³/mol. The molecular formula is C8H12O2. The molecule has 2 heteroatoms. The van der Waals surface area contributed by atoms with Gasteiger partial charge in [-0.15, -0.1) is 0 Å². The Kier molecular flexibility index (Phi) is 2.12. The molecule has 0 bridgehead atoms. The van der Waals surface area contributed by atoms with Crippen molar-refractivity contribution in [2.75, 3.05) is 6.61 Å². The fourth-order valence-electron chi connectivity index (χ4n) is 1.09. The Morgan fingerprint density at radius 2 is 2.30 bits per heavy atom. The zero-order valence-corrected chi connectivity index (χ0v) is 6.04. The predicted octanol–water partition coefficient (Wildman–Crippen LogP) is 1.39. The van der Waals surface area contributed by atoms with Gasteiger partial charge < -0.3 is 10.2 Å². The van der Waals surface area contributed by atoms with Crippen molar-refractivity contribution in [2.45, 2.75) is 13.3 Å². The van der Waals surface area contributed by atoms with Crippen molar-refractivity contribution < 1.29 is 10.2 Å². The molecule has 56 valence electrons. The van der Waals surface area contributed by atoms with E-state index < -0.39 is 0 Å². The molecule has 2 N–H and O–H groups in total. The van der Waals surface area contributed by atoms with E-state index in [4.69, 9.17) is 10.2 Å². The van der Waals surface area contributed by atoms with Crippen LogP contribution in [0.2, 0.25) is 0 Å². The van der Waals surface area contributed by atoms with Crippen LogP contribution in [0.3, 0.4) is 0 Å². The van der Waals surface area contributed by atoms with Crippen molar-refractivity contribution in [3.63, 3.8) is 0 Å². The van der Waals surface area contributed by atoms with Gasteiger partial charge in [0.2, 0.25) is 0 Å². The maximum absolute atomic E-state index is 9.03. The molecule has 0 fully saturated rings. The van der Waals surface area contributed by atoms with Crippen LogP contribution < -0.4 is 0 Å². The number of aliphatic hydroxyl groups is 2. The SMILES string of the molecule is CC1CC(O)=CC=C1CO. The molecule has 2 nitrogen and oxygen atoms in total. The second-order valence-corrected chi connectivity index (χ2v) is 2.66. The molecule has 0 saturated heterocycles. The van der Waals surface area contributed by atoms with E-state index in [1.165, 1.54) is 0 Å². The first-order valence-electron chi connectivity index (χ1n) is 3.43. The third-order valence-electron chi connectivity index (χ3n) is 1.82. The highest BCUT2D eigenvalue weighted by atomic mass is 16.3. The summed E-state index contributed by atoms with van der Waals surface area (Å²) in [7, 11) is 0. The Balaban J connectivity index is 2.71. The molecule has 0 spiro atoms. The molecule has 0 aliphatic heterocycles. The summed E-state index contributed by atoms with van der Waals surface area (Å²) in [5.41, 5.74) is 0.998. The molecule has 0 aromatic heterocycles. The summed E-state index contributed by atoms with van der Waals surface area (Å²) < 4.78 is 0. The molecular weight excluding hydrogens is 128 g/mol. The topological polar surface area (TPSA) is 40.5 Å². The van der Waals surface area contributed by atoms with Gasteiger partial charge in [0.05, 0.1) is 12.4 Å². The monoisotopic (exact) mass is 140 g/mol. The lowest BCUT2D eigenvalue weighted by atomic mass is 9.93. The average molecular weight is 140 g/mol. The lowest BCUT2D eigenvalue weighted by Crippen LogP contribution is -2.07. The van der Waals surface area contributed by atoms with Gasteiger partial charge in [-0.25, -0.2) is 0 Å². The molecule has 1 rings (SSSR count). The van der Waals surface area contributed by atoms with E-state index in [1.807, 2.05) is 6.92 Å². The van der Waals surface area contributed by atoms with Crippen LogP contribution in [0.1, 0.15) is 13.3 Å². The third-order valence-corrected chi connectivity index (χ3v) is 1.82. The van der Waals surface area contributed by atoms with Crippen molar-refractivity contribution in [3.05, 3.63) is 23.5 Å². The maximum atomic E-state index is 9.03. The fraction of sp³-hybridized carbons (Fsp3) is 0.500. The Labute approximate surface area is 60.5 Å². The average Bonchev–Trinajstić information content (AvgIpc) is 1.88. The van der Waals surface area contributed by atoms with Gasteiger partial charge in [-0.05, 0) is 17.6 Å². The highest BCUT2D eigenvalue weighted by Crippen LogP contribution is 2.22. The van der Waals surface area contributed by atoms with Gasteiger partial charge in [0, 0.05) is 6.42 Å². The minimum absolute atomic E-state index is 0.102. The normalized spacial score (nSPS) is 25.6. The summed E-state index contributed by atoms with van der Waals surface area (Å²) in [6.07, 6.45) is 4.08. The number of aliphatic hydroxyl groups excluding tert-OH is 2. The van der Waals surface area contributed by atoms with Crippen LogP contribution in [-0.2, 0) is 0 Å². The first-order chi connectivity index (χ1) is 4.74. The van der Waals surface area contributed by atoms with Crippen molar-refractivity contribution in [1.29, 1.82) is 0 Å². The minimum atomic E-state index is 0.102. The first-order valence-corrected chi connectivity index (χ1v) is 3.43. The second-order valence-electron chi connectivity index (χ2n) is 2.66. The largest absolute Gasteiger partial charge is 0.512 e. The second kappa shape index (κ2) is 2.88. The smallest absolute Gasteiger partial charge is 0.0928 e. The Morgan fingerprint density at radius 3 is 2.80 bits per heavy atom. The van der Waals surface area contributed by atoms with Crippen molar-refractivity contribution in [2.24, 2.45) is 5.92 Å². The summed E-state index contributed by atoms with van der Waals surface area (Å²) in [6.45, 7) is 2.09. The van der Waals surface area contributed by atoms with Gasteiger partial charge in [-0.3, -0.25) is 0 Å². The first kappa shape index (κ1) is 7.35. The number of rotatable bonds is 1. The summed E-state index contributed by atoms with van der Waals surface area (Å²) >= 11 is 0. The third kappa shape index (κ3) is 1.39. The molecule has 1 atom stereocenters. The maximum Gasteiger partial charge on any atom is 0.0928 e. The molecule has 0 heterocycles. The van der Waals surface area contributed by atoms with Gasteiger partial charge in [-0.2, -0.15) is 0 Å². The van der Waals surface area contributed by atoms with Crippen LogP contribution >= 0.6 is 0 Å². The van der Waals surface area contributed by atoms with Gasteiger partial charge in [0.15, 0.2) is 0 Å². The van der Waals surface area contributed by atoms with Crippen LogP contribution in [0.5, 0.6) is 0 Å². The number of allylic oxidation sites excluding steroid dienone is 3. The van der Waals surface area contributed by atoms with Crippen LogP contribution in [0, 0.1) is 5.92 Å². The quantitative estimate of drug-likeness (QED) is 0.577. The Hall–Kier alpha value is -0.760. The van der Waals surface area contributed by atoms with E-state index in [2.05, 4.69) is 0 Å². The van der Waals surface area contributed by atoms with Crippen molar-refractivity contribution >= 4 is 0 Å². The molecule has 0 radical (unpaired) electrons. The highest BCUT2D eigenvalue weighted by molar-refractivity contribution is 5.22. The summed E-state index contributed by atoms with van der Waals surface area (Å²) in [4.78, 5) is 0. The Morgan fingerprint density at radius 1 is 1.60 bits per heavy atom. The molecule has 0 aromatic rings. The van der Waals surface area contributed by atoms with E-state index in [0.29, 0.717) is 12.2 Å². The van der Waals surface area contributed by atoms with Gasteiger partial charge in [0.25, 0.3) is 0 Å². The zero-order chi connectivity index (χ0) is 7.56. The van der Waals surface area contributed by atoms with Gasteiger partial charge >= 0.3 is 0 Å². The zero-order valence-electron chi connectivity index (χ0n) is 6.04. The van der Waals surface area contributed by atoms with E-state index in [-0.39, 0.29) is 12.5 Å². The summed E-state index contributed by atoms with van der Waals surface area (Å²) in [6, 6.07) is 0. The van der Waals surface area contributed by atoms with Crippen molar-refractivity contribution in [3.8, 4) is 0 Å². The van der Waals surface area contributed by atoms with Crippen LogP contribution in [0.15, 0.2) is 23.5 Å². The molecule has 0 aromatic carbocycles. The summed E-state index contributed by atoms with van der Waals surface area (Å²) in [5, 5.41) is 17.8. The fourth-order valence-corrected chi connectivity index (χ4v) is 1.09. The number of hydrogen-bond donors (Lipinski definition) is 2.